The van der Waals surface area contributed by atoms with Gasteiger partial charge in [-0.1, -0.05) is 32.4 Å². The first-order valence-electron chi connectivity index (χ1n) is 12.6. The summed E-state index contributed by atoms with van der Waals surface area (Å²) in [4.78, 5) is 16.4. The summed E-state index contributed by atoms with van der Waals surface area (Å²) in [7, 11) is 1.68. The largest absolute Gasteiger partial charge is 0.495 e. The van der Waals surface area contributed by atoms with Crippen molar-refractivity contribution in [2.24, 2.45) is 16.7 Å². The fourth-order valence-electron chi connectivity index (χ4n) is 7.19. The Bertz CT molecular complexity index is 1100. The average molecular weight is 488 g/mol. The molecule has 2 aliphatic carbocycles. The van der Waals surface area contributed by atoms with Crippen LogP contribution in [0.4, 0.5) is 0 Å². The predicted octanol–water partition coefficient (Wildman–Crippen LogP) is 4.89. The van der Waals surface area contributed by atoms with Crippen LogP contribution in [0.5, 0.6) is 5.75 Å². The van der Waals surface area contributed by atoms with Gasteiger partial charge in [0, 0.05) is 43.3 Å². The summed E-state index contributed by atoms with van der Waals surface area (Å²) < 4.78 is 13.5. The minimum atomic E-state index is -0.0189. The van der Waals surface area contributed by atoms with Crippen molar-refractivity contribution in [3.8, 4) is 5.75 Å². The predicted molar refractivity (Wildman–Crippen MR) is 136 cm³/mol. The summed E-state index contributed by atoms with van der Waals surface area (Å²) in [5.74, 6) is 1.40. The smallest absolute Gasteiger partial charge is 0.254 e. The topological polar surface area (TPSA) is 55.7 Å². The summed E-state index contributed by atoms with van der Waals surface area (Å²) in [5.41, 5.74) is 2.78. The number of carbonyl (C=O) groups excluding carboxylic acids is 1. The van der Waals surface area contributed by atoms with E-state index in [0.29, 0.717) is 16.5 Å². The van der Waals surface area contributed by atoms with Gasteiger partial charge in [0.1, 0.15) is 5.75 Å². The lowest BCUT2D eigenvalue weighted by Crippen LogP contribution is -2.52. The molecule has 0 spiro atoms. The number of hydrogen-bond acceptors (Lipinski definition) is 4. The van der Waals surface area contributed by atoms with Crippen molar-refractivity contribution in [3.63, 3.8) is 0 Å². The molecule has 3 atom stereocenters. The number of methoxy groups -OCH3 is 1. The Morgan fingerprint density at radius 3 is 2.62 bits per heavy atom. The van der Waals surface area contributed by atoms with Crippen LogP contribution in [0.25, 0.3) is 10.9 Å². The van der Waals surface area contributed by atoms with Gasteiger partial charge in [-0.15, -0.1) is 0 Å². The van der Waals surface area contributed by atoms with Gasteiger partial charge in [0.2, 0.25) is 0 Å². The summed E-state index contributed by atoms with van der Waals surface area (Å²) in [6, 6.07) is 3.90. The van der Waals surface area contributed by atoms with E-state index in [4.69, 9.17) is 21.1 Å². The van der Waals surface area contributed by atoms with Crippen LogP contribution in [0.15, 0.2) is 12.1 Å². The molecule has 3 fully saturated rings. The lowest BCUT2D eigenvalue weighted by Gasteiger charge is -2.43. The molecule has 0 radical (unpaired) electrons. The fourth-order valence-corrected chi connectivity index (χ4v) is 7.44. The van der Waals surface area contributed by atoms with E-state index in [9.17, 15) is 4.79 Å². The number of benzene rings is 1. The molecule has 2 saturated carbocycles. The number of rotatable bonds is 6. The third-order valence-corrected chi connectivity index (χ3v) is 9.43. The molecule has 3 aliphatic rings. The minimum Gasteiger partial charge on any atom is -0.495 e. The summed E-state index contributed by atoms with van der Waals surface area (Å²) in [5, 5.41) is 4.88. The zero-order valence-corrected chi connectivity index (χ0v) is 21.9. The molecule has 7 heteroatoms. The van der Waals surface area contributed by atoms with E-state index in [1.54, 1.807) is 7.11 Å². The maximum Gasteiger partial charge on any atom is 0.254 e. The number of aromatic nitrogens is 1. The minimum absolute atomic E-state index is 0.0189. The fraction of sp³-hybridized carbons (Fsp3) is 0.667. The Balaban J connectivity index is 1.53. The number of ether oxygens (including phenoxy) is 2. The standard InChI is InChI=1S/C27H38ClN3O3/c1-17-21(24(32)29-25-26(2,3)18-8-9-27(25,4)16-18)22-19(28)6-7-20(33-5)23(22)31(17)11-10-30-12-14-34-15-13-30/h6-7,18,25H,8-16H2,1-5H3,(H,29,32)/t18-,25-,27+/m1/s1. The Kier molecular flexibility index (Phi) is 6.14. The molecule has 1 saturated heterocycles. The van der Waals surface area contributed by atoms with Gasteiger partial charge in [-0.2, -0.15) is 0 Å². The van der Waals surface area contributed by atoms with E-state index in [-0.39, 0.29) is 22.8 Å². The molecule has 1 aliphatic heterocycles. The maximum atomic E-state index is 14.0. The Labute approximate surface area is 207 Å². The van der Waals surface area contributed by atoms with E-state index in [1.165, 1.54) is 19.3 Å². The molecule has 2 bridgehead atoms. The Hall–Kier alpha value is -1.76. The molecule has 1 aromatic carbocycles. The van der Waals surface area contributed by atoms with Gasteiger partial charge in [0.05, 0.1) is 36.4 Å². The second kappa shape index (κ2) is 8.72. The average Bonchev–Trinajstić information content (AvgIpc) is 3.41. The van der Waals surface area contributed by atoms with E-state index in [2.05, 4.69) is 35.6 Å². The van der Waals surface area contributed by atoms with Gasteiger partial charge in [-0.3, -0.25) is 9.69 Å². The first kappa shape index (κ1) is 24.0. The zero-order chi connectivity index (χ0) is 24.3. The first-order valence-corrected chi connectivity index (χ1v) is 13.0. The molecule has 1 aromatic heterocycles. The van der Waals surface area contributed by atoms with Crippen LogP contribution in [0.1, 0.15) is 56.1 Å². The lowest BCUT2D eigenvalue weighted by atomic mass is 9.68. The van der Waals surface area contributed by atoms with E-state index in [1.807, 2.05) is 19.1 Å². The number of morpholine rings is 1. The molecule has 2 aromatic rings. The quantitative estimate of drug-likeness (QED) is 0.630. The highest BCUT2D eigenvalue weighted by Gasteiger charge is 2.59. The normalized spacial score (nSPS) is 28.5. The lowest BCUT2D eigenvalue weighted by molar-refractivity contribution is 0.0365. The highest BCUT2D eigenvalue weighted by molar-refractivity contribution is 6.37. The van der Waals surface area contributed by atoms with Crippen molar-refractivity contribution in [2.45, 2.75) is 59.5 Å². The van der Waals surface area contributed by atoms with E-state index < -0.39 is 0 Å². The van der Waals surface area contributed by atoms with Crippen LogP contribution in [-0.4, -0.2) is 61.4 Å². The van der Waals surface area contributed by atoms with Crippen LogP contribution in [0.3, 0.4) is 0 Å². The van der Waals surface area contributed by atoms with Gasteiger partial charge >= 0.3 is 0 Å². The van der Waals surface area contributed by atoms with Crippen LogP contribution >= 0.6 is 11.6 Å². The van der Waals surface area contributed by atoms with Gasteiger partial charge < -0.3 is 19.4 Å². The maximum absolute atomic E-state index is 14.0. The molecule has 5 rings (SSSR count). The van der Waals surface area contributed by atoms with Crippen molar-refractivity contribution in [2.75, 3.05) is 40.0 Å². The van der Waals surface area contributed by atoms with Crippen LogP contribution in [0, 0.1) is 23.7 Å². The number of nitrogens with zero attached hydrogens (tertiary/aromatic N) is 2. The summed E-state index contributed by atoms with van der Waals surface area (Å²) in [6.07, 6.45) is 3.64. The van der Waals surface area contributed by atoms with Gasteiger partial charge in [0.15, 0.2) is 0 Å². The van der Waals surface area contributed by atoms with Crippen molar-refractivity contribution in [1.29, 1.82) is 0 Å². The molecule has 0 unspecified atom stereocenters. The van der Waals surface area contributed by atoms with Crippen LogP contribution in [-0.2, 0) is 11.3 Å². The van der Waals surface area contributed by atoms with Crippen molar-refractivity contribution in [1.82, 2.24) is 14.8 Å². The molecule has 6 nitrogen and oxygen atoms in total. The molecule has 186 valence electrons. The van der Waals surface area contributed by atoms with Crippen LogP contribution in [0.2, 0.25) is 5.02 Å². The number of hydrogen-bond donors (Lipinski definition) is 1. The third-order valence-electron chi connectivity index (χ3n) is 9.11. The van der Waals surface area contributed by atoms with Gasteiger partial charge in [-0.25, -0.2) is 0 Å². The second-order valence-electron chi connectivity index (χ2n) is 11.4. The number of halogens is 1. The Morgan fingerprint density at radius 1 is 1.24 bits per heavy atom. The number of nitrogens with one attached hydrogen (secondary N) is 1. The highest BCUT2D eigenvalue weighted by atomic mass is 35.5. The number of fused-ring (bicyclic) bond motifs is 3. The van der Waals surface area contributed by atoms with Crippen molar-refractivity contribution >= 4 is 28.4 Å². The number of carbonyl (C=O) groups is 1. The monoisotopic (exact) mass is 487 g/mol. The number of amides is 1. The molecular formula is C27H38ClN3O3. The zero-order valence-electron chi connectivity index (χ0n) is 21.2. The highest BCUT2D eigenvalue weighted by Crippen LogP contribution is 2.62. The van der Waals surface area contributed by atoms with E-state index in [0.717, 1.165) is 61.7 Å². The molecular weight excluding hydrogens is 450 g/mol. The molecule has 1 N–H and O–H groups in total. The second-order valence-corrected chi connectivity index (χ2v) is 11.8. The van der Waals surface area contributed by atoms with Crippen LogP contribution < -0.4 is 10.1 Å². The summed E-state index contributed by atoms with van der Waals surface area (Å²) >= 11 is 6.76. The third kappa shape index (κ3) is 3.73. The molecule has 2 heterocycles. The first-order chi connectivity index (χ1) is 16.2. The van der Waals surface area contributed by atoms with Gasteiger partial charge in [0.25, 0.3) is 5.91 Å². The van der Waals surface area contributed by atoms with Gasteiger partial charge in [-0.05, 0) is 55.1 Å². The van der Waals surface area contributed by atoms with Crippen molar-refractivity contribution < 1.29 is 14.3 Å². The molecule has 1 amide bonds. The Morgan fingerprint density at radius 2 is 1.97 bits per heavy atom. The van der Waals surface area contributed by atoms with Crippen molar-refractivity contribution in [3.05, 3.63) is 28.4 Å². The SMILES string of the molecule is COc1ccc(Cl)c2c(C(=O)N[C@@H]3C(C)(C)[C@@H]4CC[C@@]3(C)C4)c(C)n(CCN3CCOCC3)c12. The molecule has 34 heavy (non-hydrogen) atoms. The summed E-state index contributed by atoms with van der Waals surface area (Å²) in [6.45, 7) is 14.1. The van der Waals surface area contributed by atoms with E-state index >= 15 is 0 Å².